The Morgan fingerprint density at radius 2 is 1.67 bits per heavy atom. The van der Waals surface area contributed by atoms with Gasteiger partial charge in [-0.25, -0.2) is 4.98 Å². The van der Waals surface area contributed by atoms with Crippen LogP contribution < -0.4 is 14.8 Å². The van der Waals surface area contributed by atoms with Crippen LogP contribution in [0.15, 0.2) is 85.1 Å². The first kappa shape index (κ1) is 21.9. The molecule has 2 aliphatic rings. The lowest BCUT2D eigenvalue weighted by atomic mass is 10.1. The number of hydrogen-bond donors (Lipinski definition) is 1. The zero-order valence-electron chi connectivity index (χ0n) is 19.5. The maximum absolute atomic E-state index is 13.3. The molecular formula is C28H24N4O4. The maximum atomic E-state index is 13.3. The number of aromatic nitrogens is 2. The zero-order chi connectivity index (χ0) is 24.5. The summed E-state index contributed by atoms with van der Waals surface area (Å²) in [4.78, 5) is 32.9. The summed E-state index contributed by atoms with van der Waals surface area (Å²) in [5.74, 6) is 1.04. The van der Waals surface area contributed by atoms with Crippen LogP contribution in [-0.2, 0) is 4.79 Å². The molecule has 1 saturated carbocycles. The molecule has 4 aromatic rings. The summed E-state index contributed by atoms with van der Waals surface area (Å²) in [6, 6.07) is 24.6. The molecule has 0 radical (unpaired) electrons. The van der Waals surface area contributed by atoms with Gasteiger partial charge in [-0.15, -0.1) is 0 Å². The summed E-state index contributed by atoms with van der Waals surface area (Å²) in [5, 5.41) is 2.93. The Morgan fingerprint density at radius 3 is 2.42 bits per heavy atom. The Bertz CT molecular complexity index is 1410. The molecule has 0 saturated heterocycles. The van der Waals surface area contributed by atoms with E-state index in [0.29, 0.717) is 23.0 Å². The Balaban J connectivity index is 1.25. The van der Waals surface area contributed by atoms with Crippen LogP contribution in [-0.4, -0.2) is 45.6 Å². The molecule has 1 fully saturated rings. The minimum absolute atomic E-state index is 0.0439. The number of fused-ring (bicyclic) bond motifs is 1. The number of hydrogen-bond acceptors (Lipinski definition) is 5. The van der Waals surface area contributed by atoms with Crippen molar-refractivity contribution in [1.29, 1.82) is 0 Å². The summed E-state index contributed by atoms with van der Waals surface area (Å²) in [7, 11) is 0. The summed E-state index contributed by atoms with van der Waals surface area (Å²) in [6.45, 7) is 0.0705. The van der Waals surface area contributed by atoms with E-state index in [2.05, 4.69) is 5.32 Å². The van der Waals surface area contributed by atoms with Gasteiger partial charge in [0.2, 0.25) is 18.6 Å². The summed E-state index contributed by atoms with van der Waals surface area (Å²) in [6.07, 6.45) is 3.65. The van der Waals surface area contributed by atoms with Crippen molar-refractivity contribution in [1.82, 2.24) is 14.5 Å². The molecule has 0 bridgehead atoms. The second-order valence-electron chi connectivity index (χ2n) is 8.80. The van der Waals surface area contributed by atoms with Crippen LogP contribution in [0.25, 0.3) is 16.9 Å². The van der Waals surface area contributed by atoms with Crippen LogP contribution in [0, 0.1) is 0 Å². The number of rotatable bonds is 7. The number of para-hydroxylation sites is 1. The average Bonchev–Trinajstić information content (AvgIpc) is 3.50. The van der Waals surface area contributed by atoms with Crippen LogP contribution in [0.5, 0.6) is 11.5 Å². The predicted octanol–water partition coefficient (Wildman–Crippen LogP) is 4.51. The third-order valence-electron chi connectivity index (χ3n) is 6.24. The molecule has 1 aliphatic heterocycles. The Kier molecular flexibility index (Phi) is 5.61. The van der Waals surface area contributed by atoms with E-state index in [1.165, 1.54) is 0 Å². The van der Waals surface area contributed by atoms with E-state index >= 15 is 0 Å². The number of carbonyl (C=O) groups is 2. The molecular weight excluding hydrogens is 456 g/mol. The lowest BCUT2D eigenvalue weighted by Gasteiger charge is -2.22. The minimum atomic E-state index is -0.307. The SMILES string of the molecule is O=C(CN(C(=O)c1ccc2c(c1)OCO2)C1CC1)Nc1nc(-c2ccccc2)cn1-c1ccccc1. The van der Waals surface area contributed by atoms with Crippen molar-refractivity contribution in [3.8, 4) is 28.4 Å². The first-order chi connectivity index (χ1) is 17.7. The van der Waals surface area contributed by atoms with Crippen LogP contribution in [0.2, 0.25) is 0 Å². The number of nitrogens with one attached hydrogen (secondary N) is 1. The Morgan fingerprint density at radius 1 is 0.944 bits per heavy atom. The molecule has 2 amide bonds. The van der Waals surface area contributed by atoms with Crippen molar-refractivity contribution in [3.63, 3.8) is 0 Å². The highest BCUT2D eigenvalue weighted by molar-refractivity contribution is 6.00. The number of nitrogens with zero attached hydrogens (tertiary/aromatic N) is 3. The van der Waals surface area contributed by atoms with Gasteiger partial charge in [-0.05, 0) is 43.2 Å². The number of ether oxygens (including phenoxy) is 2. The van der Waals surface area contributed by atoms with Crippen LogP contribution >= 0.6 is 0 Å². The maximum Gasteiger partial charge on any atom is 0.254 e. The van der Waals surface area contributed by atoms with Crippen molar-refractivity contribution in [2.24, 2.45) is 0 Å². The molecule has 0 unspecified atom stereocenters. The van der Waals surface area contributed by atoms with Gasteiger partial charge in [0.05, 0.1) is 5.69 Å². The lowest BCUT2D eigenvalue weighted by Crippen LogP contribution is -2.39. The average molecular weight is 481 g/mol. The largest absolute Gasteiger partial charge is 0.454 e. The van der Waals surface area contributed by atoms with Gasteiger partial charge in [0.25, 0.3) is 5.91 Å². The van der Waals surface area contributed by atoms with Crippen molar-refractivity contribution < 1.29 is 19.1 Å². The summed E-state index contributed by atoms with van der Waals surface area (Å²) in [5.41, 5.74) is 3.03. The molecule has 0 atom stereocenters. The van der Waals surface area contributed by atoms with Crippen LogP contribution in [0.3, 0.4) is 0 Å². The van der Waals surface area contributed by atoms with E-state index in [9.17, 15) is 9.59 Å². The minimum Gasteiger partial charge on any atom is -0.454 e. The number of benzene rings is 3. The molecule has 2 heterocycles. The van der Waals surface area contributed by atoms with E-state index in [-0.39, 0.29) is 31.2 Å². The first-order valence-electron chi connectivity index (χ1n) is 11.9. The highest BCUT2D eigenvalue weighted by atomic mass is 16.7. The molecule has 8 heteroatoms. The number of amides is 2. The van der Waals surface area contributed by atoms with E-state index in [1.807, 2.05) is 71.4 Å². The quantitative estimate of drug-likeness (QED) is 0.421. The third kappa shape index (κ3) is 4.40. The normalized spacial score (nSPS) is 13.9. The summed E-state index contributed by atoms with van der Waals surface area (Å²) >= 11 is 0. The van der Waals surface area contributed by atoms with Gasteiger partial charge in [0.1, 0.15) is 6.54 Å². The smallest absolute Gasteiger partial charge is 0.254 e. The number of imidazole rings is 1. The Labute approximate surface area is 208 Å². The van der Waals surface area contributed by atoms with Gasteiger partial charge >= 0.3 is 0 Å². The van der Waals surface area contributed by atoms with Crippen molar-refractivity contribution in [2.45, 2.75) is 18.9 Å². The van der Waals surface area contributed by atoms with Crippen molar-refractivity contribution >= 4 is 17.8 Å². The van der Waals surface area contributed by atoms with Gasteiger partial charge in [-0.2, -0.15) is 0 Å². The monoisotopic (exact) mass is 480 g/mol. The van der Waals surface area contributed by atoms with Gasteiger partial charge in [-0.3, -0.25) is 19.5 Å². The number of anilines is 1. The molecule has 3 aromatic carbocycles. The molecule has 1 aromatic heterocycles. The topological polar surface area (TPSA) is 85.7 Å². The highest BCUT2D eigenvalue weighted by Crippen LogP contribution is 2.34. The number of carbonyl (C=O) groups excluding carboxylic acids is 2. The third-order valence-corrected chi connectivity index (χ3v) is 6.24. The van der Waals surface area contributed by atoms with Gasteiger partial charge in [-0.1, -0.05) is 48.5 Å². The fourth-order valence-corrected chi connectivity index (χ4v) is 4.27. The standard InChI is InChI=1S/C28H24N4O4/c33-26(17-31(22-12-13-22)27(34)20-11-14-24-25(15-20)36-18-35-24)30-28-29-23(19-7-3-1-4-8-19)16-32(28)21-9-5-2-6-10-21/h1-11,14-16,22H,12-13,17-18H2,(H,29,30,33). The summed E-state index contributed by atoms with van der Waals surface area (Å²) < 4.78 is 12.6. The molecule has 0 spiro atoms. The van der Waals surface area contributed by atoms with Gasteiger partial charge in [0, 0.05) is 29.1 Å². The van der Waals surface area contributed by atoms with Gasteiger partial charge in [0.15, 0.2) is 11.5 Å². The fraction of sp³-hybridized carbons (Fsp3) is 0.179. The van der Waals surface area contributed by atoms with Crippen LogP contribution in [0.1, 0.15) is 23.2 Å². The predicted molar refractivity (Wildman–Crippen MR) is 134 cm³/mol. The van der Waals surface area contributed by atoms with E-state index in [0.717, 1.165) is 29.8 Å². The van der Waals surface area contributed by atoms with E-state index in [1.54, 1.807) is 23.1 Å². The molecule has 1 N–H and O–H groups in total. The first-order valence-corrected chi connectivity index (χ1v) is 11.9. The lowest BCUT2D eigenvalue weighted by molar-refractivity contribution is -0.117. The molecule has 8 nitrogen and oxygen atoms in total. The molecule has 36 heavy (non-hydrogen) atoms. The Hall–Kier alpha value is -4.59. The molecule has 1 aliphatic carbocycles. The van der Waals surface area contributed by atoms with E-state index in [4.69, 9.17) is 14.5 Å². The second-order valence-corrected chi connectivity index (χ2v) is 8.80. The van der Waals surface area contributed by atoms with Crippen molar-refractivity contribution in [3.05, 3.63) is 90.6 Å². The second kappa shape index (κ2) is 9.22. The molecule has 6 rings (SSSR count). The molecule has 180 valence electrons. The van der Waals surface area contributed by atoms with Gasteiger partial charge < -0.3 is 14.4 Å². The van der Waals surface area contributed by atoms with Crippen molar-refractivity contribution in [2.75, 3.05) is 18.7 Å². The van der Waals surface area contributed by atoms with E-state index < -0.39 is 0 Å². The van der Waals surface area contributed by atoms with Crippen LogP contribution in [0.4, 0.5) is 5.95 Å². The highest BCUT2D eigenvalue weighted by Gasteiger charge is 2.35. The zero-order valence-corrected chi connectivity index (χ0v) is 19.5. The fourth-order valence-electron chi connectivity index (χ4n) is 4.27.